The zero-order chi connectivity index (χ0) is 10.2. The van der Waals surface area contributed by atoms with E-state index in [0.717, 1.165) is 25.9 Å². The van der Waals surface area contributed by atoms with Gasteiger partial charge in [0.05, 0.1) is 0 Å². The maximum absolute atomic E-state index is 5.32. The lowest BCUT2D eigenvalue weighted by atomic mass is 10.4. The minimum Gasteiger partial charge on any atom is -0.423 e. The molecule has 0 unspecified atom stereocenters. The van der Waals surface area contributed by atoms with Gasteiger partial charge in [0.1, 0.15) is 6.61 Å². The molecule has 0 aromatic carbocycles. The molecule has 14 heavy (non-hydrogen) atoms. The zero-order valence-corrected chi connectivity index (χ0v) is 8.75. The average molecular weight is 199 g/mol. The lowest BCUT2D eigenvalue weighted by Gasteiger charge is -1.98. The Morgan fingerprint density at radius 2 is 2.07 bits per heavy atom. The van der Waals surface area contributed by atoms with E-state index in [1.165, 1.54) is 0 Å². The molecule has 0 spiro atoms. The minimum absolute atomic E-state index is 0.384. The van der Waals surface area contributed by atoms with Gasteiger partial charge in [-0.15, -0.1) is 10.2 Å². The molecule has 0 radical (unpaired) electrons. The van der Waals surface area contributed by atoms with Gasteiger partial charge in [-0.2, -0.15) is 0 Å². The molecule has 0 atom stereocenters. The Labute approximate surface area is 83.9 Å². The highest BCUT2D eigenvalue weighted by molar-refractivity contribution is 4.80. The van der Waals surface area contributed by atoms with Crippen molar-refractivity contribution in [3.8, 4) is 0 Å². The Kier molecular flexibility index (Phi) is 5.17. The molecule has 1 N–H and O–H groups in total. The van der Waals surface area contributed by atoms with Gasteiger partial charge in [-0.25, -0.2) is 0 Å². The van der Waals surface area contributed by atoms with Gasteiger partial charge in [0.15, 0.2) is 0 Å². The van der Waals surface area contributed by atoms with Gasteiger partial charge in [0.2, 0.25) is 11.8 Å². The lowest BCUT2D eigenvalue weighted by Crippen LogP contribution is -2.17. The molecular weight excluding hydrogens is 182 g/mol. The fourth-order valence-corrected chi connectivity index (χ4v) is 1.07. The highest BCUT2D eigenvalue weighted by Gasteiger charge is 2.04. The summed E-state index contributed by atoms with van der Waals surface area (Å²) in [5.74, 6) is 1.21. The SMILES string of the molecule is CCCNCCc1nnc(COC)o1. The van der Waals surface area contributed by atoms with Gasteiger partial charge in [0.25, 0.3) is 0 Å². The number of nitrogens with one attached hydrogen (secondary N) is 1. The van der Waals surface area contributed by atoms with Crippen molar-refractivity contribution in [3.63, 3.8) is 0 Å². The molecule has 0 aliphatic carbocycles. The molecule has 1 aromatic rings. The fraction of sp³-hybridized carbons (Fsp3) is 0.778. The molecular formula is C9H17N3O2. The number of nitrogens with zero attached hydrogens (tertiary/aromatic N) is 2. The third-order valence-corrected chi connectivity index (χ3v) is 1.72. The molecule has 80 valence electrons. The maximum Gasteiger partial charge on any atom is 0.242 e. The van der Waals surface area contributed by atoms with Crippen LogP contribution in [-0.2, 0) is 17.8 Å². The van der Waals surface area contributed by atoms with E-state index in [9.17, 15) is 0 Å². The van der Waals surface area contributed by atoms with Gasteiger partial charge in [-0.05, 0) is 13.0 Å². The van der Waals surface area contributed by atoms with Crippen LogP contribution in [0.1, 0.15) is 25.1 Å². The van der Waals surface area contributed by atoms with E-state index in [0.29, 0.717) is 18.4 Å². The largest absolute Gasteiger partial charge is 0.423 e. The summed E-state index contributed by atoms with van der Waals surface area (Å²) in [6.07, 6.45) is 1.91. The number of hydrogen-bond acceptors (Lipinski definition) is 5. The lowest BCUT2D eigenvalue weighted by molar-refractivity contribution is 0.158. The molecule has 0 saturated carbocycles. The number of methoxy groups -OCH3 is 1. The van der Waals surface area contributed by atoms with Crippen molar-refractivity contribution in [2.24, 2.45) is 0 Å². The summed E-state index contributed by atoms with van der Waals surface area (Å²) < 4.78 is 10.2. The topological polar surface area (TPSA) is 60.2 Å². The van der Waals surface area contributed by atoms with Crippen molar-refractivity contribution in [3.05, 3.63) is 11.8 Å². The first-order valence-corrected chi connectivity index (χ1v) is 4.87. The van der Waals surface area contributed by atoms with Gasteiger partial charge >= 0.3 is 0 Å². The Balaban J connectivity index is 2.22. The molecule has 0 amide bonds. The molecule has 0 fully saturated rings. The molecule has 0 aliphatic rings. The van der Waals surface area contributed by atoms with Crippen LogP contribution in [-0.4, -0.2) is 30.4 Å². The number of rotatable bonds is 7. The monoisotopic (exact) mass is 199 g/mol. The van der Waals surface area contributed by atoms with Crippen molar-refractivity contribution in [1.29, 1.82) is 0 Å². The second kappa shape index (κ2) is 6.50. The number of ether oxygens (including phenoxy) is 1. The molecule has 1 aromatic heterocycles. The second-order valence-electron chi connectivity index (χ2n) is 3.02. The Morgan fingerprint density at radius 3 is 2.79 bits per heavy atom. The summed E-state index contributed by atoms with van der Waals surface area (Å²) in [6, 6.07) is 0. The smallest absolute Gasteiger partial charge is 0.242 e. The van der Waals surface area contributed by atoms with Crippen molar-refractivity contribution >= 4 is 0 Å². The predicted molar refractivity (Wildman–Crippen MR) is 51.9 cm³/mol. The van der Waals surface area contributed by atoms with E-state index in [-0.39, 0.29) is 0 Å². The third-order valence-electron chi connectivity index (χ3n) is 1.72. The van der Waals surface area contributed by atoms with Crippen molar-refractivity contribution in [1.82, 2.24) is 15.5 Å². The highest BCUT2D eigenvalue weighted by Crippen LogP contribution is 2.00. The molecule has 5 heteroatoms. The van der Waals surface area contributed by atoms with Crippen LogP contribution in [0.2, 0.25) is 0 Å². The first-order valence-electron chi connectivity index (χ1n) is 4.87. The van der Waals surface area contributed by atoms with Crippen LogP contribution < -0.4 is 5.32 Å². The van der Waals surface area contributed by atoms with E-state index in [1.54, 1.807) is 7.11 Å². The van der Waals surface area contributed by atoms with Crippen LogP contribution >= 0.6 is 0 Å². The molecule has 1 heterocycles. The zero-order valence-electron chi connectivity index (χ0n) is 8.75. The van der Waals surface area contributed by atoms with E-state index in [4.69, 9.17) is 9.15 Å². The predicted octanol–water partition coefficient (Wildman–Crippen LogP) is 0.758. The minimum atomic E-state index is 0.384. The normalized spacial score (nSPS) is 10.7. The second-order valence-corrected chi connectivity index (χ2v) is 3.02. The number of hydrogen-bond donors (Lipinski definition) is 1. The van der Waals surface area contributed by atoms with Crippen LogP contribution in [0, 0.1) is 0 Å². The van der Waals surface area contributed by atoms with Gasteiger partial charge in [-0.1, -0.05) is 6.92 Å². The van der Waals surface area contributed by atoms with Gasteiger partial charge in [-0.3, -0.25) is 0 Å². The Morgan fingerprint density at radius 1 is 1.29 bits per heavy atom. The van der Waals surface area contributed by atoms with Crippen LogP contribution in [0.3, 0.4) is 0 Å². The standard InChI is InChI=1S/C9H17N3O2/c1-3-5-10-6-4-8-11-12-9(14-8)7-13-2/h10H,3-7H2,1-2H3. The van der Waals surface area contributed by atoms with E-state index in [2.05, 4.69) is 22.4 Å². The van der Waals surface area contributed by atoms with Gasteiger partial charge < -0.3 is 14.5 Å². The first-order chi connectivity index (χ1) is 6.86. The molecule has 0 bridgehead atoms. The summed E-state index contributed by atoms with van der Waals surface area (Å²) in [6.45, 7) is 4.42. The van der Waals surface area contributed by atoms with E-state index >= 15 is 0 Å². The summed E-state index contributed by atoms with van der Waals surface area (Å²) in [5, 5.41) is 11.0. The van der Waals surface area contributed by atoms with Gasteiger partial charge in [0, 0.05) is 20.1 Å². The van der Waals surface area contributed by atoms with Crippen LogP contribution in [0.15, 0.2) is 4.42 Å². The van der Waals surface area contributed by atoms with Crippen LogP contribution in [0.25, 0.3) is 0 Å². The molecule has 0 aliphatic heterocycles. The van der Waals surface area contributed by atoms with Crippen molar-refractivity contribution < 1.29 is 9.15 Å². The molecule has 0 saturated heterocycles. The van der Waals surface area contributed by atoms with Crippen molar-refractivity contribution in [2.75, 3.05) is 20.2 Å². The quantitative estimate of drug-likeness (QED) is 0.657. The summed E-state index contributed by atoms with van der Waals surface area (Å²) >= 11 is 0. The molecule has 5 nitrogen and oxygen atoms in total. The Bertz CT molecular complexity index is 250. The fourth-order valence-electron chi connectivity index (χ4n) is 1.07. The summed E-state index contributed by atoms with van der Waals surface area (Å²) in [5.41, 5.74) is 0. The Hall–Kier alpha value is -0.940. The van der Waals surface area contributed by atoms with E-state index in [1.807, 2.05) is 0 Å². The summed E-state index contributed by atoms with van der Waals surface area (Å²) in [7, 11) is 1.60. The average Bonchev–Trinajstić information content (AvgIpc) is 2.61. The van der Waals surface area contributed by atoms with Crippen LogP contribution in [0.5, 0.6) is 0 Å². The van der Waals surface area contributed by atoms with E-state index < -0.39 is 0 Å². The molecule has 1 rings (SSSR count). The first kappa shape index (κ1) is 11.1. The maximum atomic E-state index is 5.32. The van der Waals surface area contributed by atoms with Crippen molar-refractivity contribution in [2.45, 2.75) is 26.4 Å². The highest BCUT2D eigenvalue weighted by atomic mass is 16.5. The number of aromatic nitrogens is 2. The van der Waals surface area contributed by atoms with Crippen LogP contribution in [0.4, 0.5) is 0 Å². The summed E-state index contributed by atoms with van der Waals surface area (Å²) in [4.78, 5) is 0. The third kappa shape index (κ3) is 3.85.